The van der Waals surface area contributed by atoms with Crippen LogP contribution in [0.25, 0.3) is 0 Å². The van der Waals surface area contributed by atoms with Crippen LogP contribution in [0.2, 0.25) is 0 Å². The maximum Gasteiger partial charge on any atom is 0.263 e. The van der Waals surface area contributed by atoms with Gasteiger partial charge in [0.05, 0.1) is 5.60 Å². The van der Waals surface area contributed by atoms with E-state index in [9.17, 15) is 8.78 Å². The Balaban J connectivity index is 1.79. The molecule has 0 amide bonds. The molecule has 1 aromatic rings. The second kappa shape index (κ2) is 5.76. The topological polar surface area (TPSA) is 21.3 Å². The molecule has 0 saturated heterocycles. The van der Waals surface area contributed by atoms with E-state index in [4.69, 9.17) is 4.74 Å². The van der Waals surface area contributed by atoms with Crippen LogP contribution in [-0.4, -0.2) is 19.3 Å². The Morgan fingerprint density at radius 1 is 1.28 bits per heavy atom. The summed E-state index contributed by atoms with van der Waals surface area (Å²) in [5.74, 6) is 0. The highest BCUT2D eigenvalue weighted by Gasteiger charge is 2.36. The van der Waals surface area contributed by atoms with Crippen LogP contribution in [-0.2, 0) is 11.3 Å². The van der Waals surface area contributed by atoms with Gasteiger partial charge in [-0.1, -0.05) is 24.3 Å². The van der Waals surface area contributed by atoms with E-state index in [0.29, 0.717) is 6.54 Å². The number of hydrogen-bond donors (Lipinski definition) is 1. The van der Waals surface area contributed by atoms with Gasteiger partial charge in [-0.15, -0.1) is 0 Å². The number of alkyl halides is 2. The fourth-order valence-corrected chi connectivity index (χ4v) is 2.24. The van der Waals surface area contributed by atoms with Crippen LogP contribution < -0.4 is 5.32 Å². The van der Waals surface area contributed by atoms with Crippen LogP contribution in [0.15, 0.2) is 24.3 Å². The number of hydrogen-bond acceptors (Lipinski definition) is 2. The number of ether oxygens (including phenoxy) is 1. The van der Waals surface area contributed by atoms with E-state index in [2.05, 4.69) is 5.32 Å². The molecule has 2 nitrogen and oxygen atoms in total. The second-order valence-corrected chi connectivity index (χ2v) is 4.89. The van der Waals surface area contributed by atoms with Gasteiger partial charge < -0.3 is 10.1 Å². The SMILES string of the molecule is COC1(CNCc2ccc(C(F)F)cc2)CCC1. The first-order valence-corrected chi connectivity index (χ1v) is 6.28. The second-order valence-electron chi connectivity index (χ2n) is 4.89. The van der Waals surface area contributed by atoms with Crippen molar-refractivity contribution in [1.29, 1.82) is 0 Å². The minimum Gasteiger partial charge on any atom is -0.377 e. The summed E-state index contributed by atoms with van der Waals surface area (Å²) < 4.78 is 30.2. The van der Waals surface area contributed by atoms with Crippen LogP contribution in [0.1, 0.15) is 36.8 Å². The van der Waals surface area contributed by atoms with Crippen molar-refractivity contribution in [3.8, 4) is 0 Å². The lowest BCUT2D eigenvalue weighted by molar-refractivity contribution is -0.0695. The lowest BCUT2D eigenvalue weighted by atomic mass is 9.80. The Morgan fingerprint density at radius 2 is 1.94 bits per heavy atom. The van der Waals surface area contributed by atoms with Gasteiger partial charge in [0, 0.05) is 25.8 Å². The van der Waals surface area contributed by atoms with Crippen molar-refractivity contribution in [1.82, 2.24) is 5.32 Å². The molecule has 1 aromatic carbocycles. The largest absolute Gasteiger partial charge is 0.377 e. The summed E-state index contributed by atoms with van der Waals surface area (Å²) in [7, 11) is 1.75. The maximum absolute atomic E-state index is 12.4. The highest BCUT2D eigenvalue weighted by molar-refractivity contribution is 5.23. The molecule has 0 radical (unpaired) electrons. The average Bonchev–Trinajstić information content (AvgIpc) is 2.33. The predicted octanol–water partition coefficient (Wildman–Crippen LogP) is 3.28. The molecule has 0 aromatic heterocycles. The van der Waals surface area contributed by atoms with Gasteiger partial charge in [0.1, 0.15) is 0 Å². The molecule has 1 N–H and O–H groups in total. The van der Waals surface area contributed by atoms with Crippen LogP contribution in [0.4, 0.5) is 8.78 Å². The monoisotopic (exact) mass is 255 g/mol. The van der Waals surface area contributed by atoms with Crippen LogP contribution >= 0.6 is 0 Å². The molecule has 18 heavy (non-hydrogen) atoms. The number of nitrogens with one attached hydrogen (secondary N) is 1. The van der Waals surface area contributed by atoms with E-state index in [1.54, 1.807) is 19.2 Å². The van der Waals surface area contributed by atoms with E-state index in [0.717, 1.165) is 24.9 Å². The molecular formula is C14H19F2NO. The lowest BCUT2D eigenvalue weighted by Crippen LogP contribution is -2.47. The van der Waals surface area contributed by atoms with Gasteiger partial charge in [-0.05, 0) is 24.8 Å². The van der Waals surface area contributed by atoms with Crippen molar-refractivity contribution in [3.63, 3.8) is 0 Å². The first-order chi connectivity index (χ1) is 8.65. The fraction of sp³-hybridized carbons (Fsp3) is 0.571. The van der Waals surface area contributed by atoms with Gasteiger partial charge in [0.15, 0.2) is 0 Å². The summed E-state index contributed by atoms with van der Waals surface area (Å²) in [6, 6.07) is 6.46. The van der Waals surface area contributed by atoms with Crippen molar-refractivity contribution < 1.29 is 13.5 Å². The molecule has 1 fully saturated rings. The third kappa shape index (κ3) is 3.06. The van der Waals surface area contributed by atoms with Crippen molar-refractivity contribution in [2.75, 3.05) is 13.7 Å². The summed E-state index contributed by atoms with van der Waals surface area (Å²) in [5, 5.41) is 3.33. The van der Waals surface area contributed by atoms with Crippen molar-refractivity contribution in [3.05, 3.63) is 35.4 Å². The molecule has 2 rings (SSSR count). The molecule has 0 aliphatic heterocycles. The summed E-state index contributed by atoms with van der Waals surface area (Å²) in [4.78, 5) is 0. The van der Waals surface area contributed by atoms with Gasteiger partial charge in [-0.2, -0.15) is 0 Å². The Morgan fingerprint density at radius 3 is 2.39 bits per heavy atom. The smallest absolute Gasteiger partial charge is 0.263 e. The molecule has 0 bridgehead atoms. The third-order valence-electron chi connectivity index (χ3n) is 3.71. The first kappa shape index (κ1) is 13.4. The van der Waals surface area contributed by atoms with E-state index in [-0.39, 0.29) is 11.2 Å². The van der Waals surface area contributed by atoms with Crippen LogP contribution in [0, 0.1) is 0 Å². The Kier molecular flexibility index (Phi) is 4.30. The zero-order valence-electron chi connectivity index (χ0n) is 10.6. The average molecular weight is 255 g/mol. The quantitative estimate of drug-likeness (QED) is 0.842. The maximum atomic E-state index is 12.4. The molecule has 100 valence electrons. The molecule has 0 unspecified atom stereocenters. The van der Waals surface area contributed by atoms with Gasteiger partial charge >= 0.3 is 0 Å². The zero-order valence-corrected chi connectivity index (χ0v) is 10.6. The lowest BCUT2D eigenvalue weighted by Gasteiger charge is -2.40. The normalized spacial score (nSPS) is 17.8. The molecule has 0 heterocycles. The molecular weight excluding hydrogens is 236 g/mol. The van der Waals surface area contributed by atoms with E-state index >= 15 is 0 Å². The Hall–Kier alpha value is -1.00. The summed E-state index contributed by atoms with van der Waals surface area (Å²) in [5.41, 5.74) is 1.10. The molecule has 1 aliphatic rings. The van der Waals surface area contributed by atoms with Crippen molar-refractivity contribution in [2.24, 2.45) is 0 Å². The van der Waals surface area contributed by atoms with Gasteiger partial charge in [-0.3, -0.25) is 0 Å². The standard InChI is InChI=1S/C14H19F2NO/c1-18-14(7-2-8-14)10-17-9-11-3-5-12(6-4-11)13(15)16/h3-6,13,17H,2,7-10H2,1H3. The van der Waals surface area contributed by atoms with E-state index in [1.165, 1.54) is 18.6 Å². The first-order valence-electron chi connectivity index (χ1n) is 6.28. The van der Waals surface area contributed by atoms with Gasteiger partial charge in [0.25, 0.3) is 6.43 Å². The van der Waals surface area contributed by atoms with Crippen molar-refractivity contribution in [2.45, 2.75) is 37.8 Å². The minimum atomic E-state index is -2.39. The highest BCUT2D eigenvalue weighted by atomic mass is 19.3. The van der Waals surface area contributed by atoms with E-state index < -0.39 is 6.43 Å². The molecule has 1 aliphatic carbocycles. The van der Waals surface area contributed by atoms with Crippen LogP contribution in [0.5, 0.6) is 0 Å². The number of halogens is 2. The van der Waals surface area contributed by atoms with Gasteiger partial charge in [0.2, 0.25) is 0 Å². The minimum absolute atomic E-state index is 0.00289. The van der Waals surface area contributed by atoms with Gasteiger partial charge in [-0.25, -0.2) is 8.78 Å². The van der Waals surface area contributed by atoms with Crippen molar-refractivity contribution >= 4 is 0 Å². The third-order valence-corrected chi connectivity index (χ3v) is 3.71. The Labute approximate surface area is 106 Å². The Bertz CT molecular complexity index is 368. The fourth-order valence-electron chi connectivity index (χ4n) is 2.24. The molecule has 0 atom stereocenters. The number of methoxy groups -OCH3 is 1. The summed E-state index contributed by atoms with van der Waals surface area (Å²) in [6.45, 7) is 1.51. The highest BCUT2D eigenvalue weighted by Crippen LogP contribution is 2.34. The number of rotatable bonds is 6. The van der Waals surface area contributed by atoms with Crippen LogP contribution in [0.3, 0.4) is 0 Å². The summed E-state index contributed by atoms with van der Waals surface area (Å²) in [6.07, 6.45) is 1.03. The zero-order chi connectivity index (χ0) is 13.0. The predicted molar refractivity (Wildman–Crippen MR) is 66.7 cm³/mol. The summed E-state index contributed by atoms with van der Waals surface area (Å²) >= 11 is 0. The molecule has 1 saturated carbocycles. The molecule has 4 heteroatoms. The molecule has 0 spiro atoms. The number of benzene rings is 1. The van der Waals surface area contributed by atoms with E-state index in [1.807, 2.05) is 0 Å².